The maximum Gasteiger partial charge on any atom is 0.242 e. The van der Waals surface area contributed by atoms with Crippen LogP contribution in [0.4, 0.5) is 5.69 Å². The van der Waals surface area contributed by atoms with Gasteiger partial charge in [-0.1, -0.05) is 43.3 Å². The minimum absolute atomic E-state index is 0.121. The second-order valence-electron chi connectivity index (χ2n) is 8.43. The number of carbonyl (C=O) groups is 2. The van der Waals surface area contributed by atoms with Gasteiger partial charge in [-0.2, -0.15) is 0 Å². The SMILES string of the molecule is CCCNC(=O)[C@H](C)N(CCc1ccccc1)C(=O)CCCN(c1cccc(OC)c1)S(C)(=O)=O. The van der Waals surface area contributed by atoms with Crippen LogP contribution in [0.2, 0.25) is 0 Å². The molecule has 0 bridgehead atoms. The molecule has 1 N–H and O–H groups in total. The van der Waals surface area contributed by atoms with E-state index in [0.717, 1.165) is 18.2 Å². The van der Waals surface area contributed by atoms with E-state index in [2.05, 4.69) is 5.32 Å². The van der Waals surface area contributed by atoms with Crippen molar-refractivity contribution in [3.63, 3.8) is 0 Å². The number of rotatable bonds is 14. The van der Waals surface area contributed by atoms with Crippen LogP contribution in [0, 0.1) is 0 Å². The summed E-state index contributed by atoms with van der Waals surface area (Å²) in [5.41, 5.74) is 1.56. The molecule has 0 aromatic heterocycles. The zero-order valence-electron chi connectivity index (χ0n) is 21.1. The van der Waals surface area contributed by atoms with Crippen LogP contribution in [0.15, 0.2) is 54.6 Å². The smallest absolute Gasteiger partial charge is 0.242 e. The first-order chi connectivity index (χ1) is 16.7. The van der Waals surface area contributed by atoms with Crippen LogP contribution in [0.1, 0.15) is 38.7 Å². The lowest BCUT2D eigenvalue weighted by Crippen LogP contribution is -2.49. The summed E-state index contributed by atoms with van der Waals surface area (Å²) in [5.74, 6) is 0.174. The van der Waals surface area contributed by atoms with Crippen LogP contribution in [-0.4, -0.2) is 64.2 Å². The first-order valence-electron chi connectivity index (χ1n) is 11.9. The fourth-order valence-corrected chi connectivity index (χ4v) is 4.69. The topological polar surface area (TPSA) is 96.0 Å². The monoisotopic (exact) mass is 503 g/mol. The lowest BCUT2D eigenvalue weighted by Gasteiger charge is -2.29. The van der Waals surface area contributed by atoms with Crippen molar-refractivity contribution in [1.29, 1.82) is 0 Å². The summed E-state index contributed by atoms with van der Waals surface area (Å²) < 4.78 is 31.4. The molecule has 0 aliphatic carbocycles. The number of hydrogen-bond donors (Lipinski definition) is 1. The number of ether oxygens (including phenoxy) is 1. The number of nitrogens with one attached hydrogen (secondary N) is 1. The Morgan fingerprint density at radius 1 is 1.06 bits per heavy atom. The minimum atomic E-state index is -3.56. The van der Waals surface area contributed by atoms with Gasteiger partial charge in [0.05, 0.1) is 19.1 Å². The van der Waals surface area contributed by atoms with E-state index in [9.17, 15) is 18.0 Å². The van der Waals surface area contributed by atoms with Crippen LogP contribution in [0.3, 0.4) is 0 Å². The molecular formula is C26H37N3O5S. The highest BCUT2D eigenvalue weighted by atomic mass is 32.2. The number of benzene rings is 2. The van der Waals surface area contributed by atoms with E-state index in [4.69, 9.17) is 4.74 Å². The van der Waals surface area contributed by atoms with Crippen molar-refractivity contribution >= 4 is 27.5 Å². The molecule has 2 rings (SSSR count). The molecule has 0 aliphatic heterocycles. The molecule has 2 amide bonds. The normalized spacial score (nSPS) is 12.0. The fourth-order valence-electron chi connectivity index (χ4n) is 3.74. The van der Waals surface area contributed by atoms with E-state index in [1.807, 2.05) is 37.3 Å². The van der Waals surface area contributed by atoms with Crippen LogP contribution in [0.25, 0.3) is 0 Å². The van der Waals surface area contributed by atoms with Gasteiger partial charge in [0.15, 0.2) is 0 Å². The standard InChI is InChI=1S/C26H37N3O5S/c1-5-17-27-26(31)21(2)28(19-16-22-11-7-6-8-12-22)25(30)15-10-18-29(35(4,32)33)23-13-9-14-24(20-23)34-3/h6-9,11-14,20-21H,5,10,15-19H2,1-4H3,(H,27,31)/t21-/m0/s1. The highest BCUT2D eigenvalue weighted by molar-refractivity contribution is 7.92. The summed E-state index contributed by atoms with van der Waals surface area (Å²) >= 11 is 0. The van der Waals surface area contributed by atoms with E-state index in [1.165, 1.54) is 11.4 Å². The lowest BCUT2D eigenvalue weighted by atomic mass is 10.1. The van der Waals surface area contributed by atoms with Crippen molar-refractivity contribution in [2.75, 3.05) is 37.3 Å². The first-order valence-corrected chi connectivity index (χ1v) is 13.7. The van der Waals surface area contributed by atoms with Crippen LogP contribution < -0.4 is 14.4 Å². The number of carbonyl (C=O) groups excluding carboxylic acids is 2. The molecule has 2 aromatic carbocycles. The number of methoxy groups -OCH3 is 1. The number of anilines is 1. The van der Waals surface area contributed by atoms with E-state index in [1.54, 1.807) is 36.1 Å². The predicted molar refractivity (Wildman–Crippen MR) is 139 cm³/mol. The maximum atomic E-state index is 13.2. The summed E-state index contributed by atoms with van der Waals surface area (Å²) in [6.45, 7) is 4.79. The summed E-state index contributed by atoms with van der Waals surface area (Å²) in [4.78, 5) is 27.4. The Morgan fingerprint density at radius 3 is 2.40 bits per heavy atom. The Hall–Kier alpha value is -3.07. The molecule has 8 nitrogen and oxygen atoms in total. The van der Waals surface area contributed by atoms with Gasteiger partial charge in [-0.3, -0.25) is 13.9 Å². The summed E-state index contributed by atoms with van der Waals surface area (Å²) in [6, 6.07) is 16.0. The van der Waals surface area contributed by atoms with E-state index < -0.39 is 16.1 Å². The molecule has 0 saturated carbocycles. The largest absolute Gasteiger partial charge is 0.497 e. The number of sulfonamides is 1. The fraction of sp³-hybridized carbons (Fsp3) is 0.462. The Bertz CT molecular complexity index is 1060. The average molecular weight is 504 g/mol. The third kappa shape index (κ3) is 8.90. The van der Waals surface area contributed by atoms with Crippen molar-refractivity contribution in [1.82, 2.24) is 10.2 Å². The Balaban J connectivity index is 2.10. The molecule has 192 valence electrons. The molecule has 0 spiro atoms. The molecule has 0 heterocycles. The van der Waals surface area contributed by atoms with E-state index in [0.29, 0.717) is 37.4 Å². The molecular weight excluding hydrogens is 466 g/mol. The van der Waals surface area contributed by atoms with Gasteiger partial charge in [-0.15, -0.1) is 0 Å². The van der Waals surface area contributed by atoms with Crippen molar-refractivity contribution < 1.29 is 22.7 Å². The molecule has 2 aromatic rings. The predicted octanol–water partition coefficient (Wildman–Crippen LogP) is 3.23. The van der Waals surface area contributed by atoms with Crippen molar-refractivity contribution in [3.8, 4) is 5.75 Å². The van der Waals surface area contributed by atoms with Gasteiger partial charge in [-0.25, -0.2) is 8.42 Å². The van der Waals surface area contributed by atoms with Crippen LogP contribution >= 0.6 is 0 Å². The Labute approximate surface area is 209 Å². The molecule has 0 aliphatic rings. The molecule has 1 atom stereocenters. The minimum Gasteiger partial charge on any atom is -0.497 e. The van der Waals surface area contributed by atoms with Gasteiger partial charge in [0, 0.05) is 32.1 Å². The van der Waals surface area contributed by atoms with Crippen LogP contribution in [-0.2, 0) is 26.0 Å². The summed E-state index contributed by atoms with van der Waals surface area (Å²) in [7, 11) is -2.04. The van der Waals surface area contributed by atoms with Gasteiger partial charge in [0.2, 0.25) is 21.8 Å². The summed E-state index contributed by atoms with van der Waals surface area (Å²) in [6.07, 6.45) is 3.00. The average Bonchev–Trinajstić information content (AvgIpc) is 2.85. The Kier molecular flexibility index (Phi) is 11.0. The molecule has 0 radical (unpaired) electrons. The first kappa shape index (κ1) is 28.2. The van der Waals surface area contributed by atoms with Crippen molar-refractivity contribution in [3.05, 3.63) is 60.2 Å². The molecule has 0 saturated heterocycles. The number of hydrogen-bond acceptors (Lipinski definition) is 5. The molecule has 35 heavy (non-hydrogen) atoms. The highest BCUT2D eigenvalue weighted by Gasteiger charge is 2.26. The number of amides is 2. The third-order valence-electron chi connectivity index (χ3n) is 5.69. The van der Waals surface area contributed by atoms with Gasteiger partial charge >= 0.3 is 0 Å². The lowest BCUT2D eigenvalue weighted by molar-refractivity contribution is -0.139. The third-order valence-corrected chi connectivity index (χ3v) is 6.89. The van der Waals surface area contributed by atoms with Crippen molar-refractivity contribution in [2.45, 2.75) is 45.6 Å². The molecule has 9 heteroatoms. The maximum absolute atomic E-state index is 13.2. The number of nitrogens with zero attached hydrogens (tertiary/aromatic N) is 2. The molecule has 0 unspecified atom stereocenters. The van der Waals surface area contributed by atoms with Gasteiger partial charge < -0.3 is 15.0 Å². The Morgan fingerprint density at radius 2 is 1.77 bits per heavy atom. The van der Waals surface area contributed by atoms with Crippen molar-refractivity contribution in [2.24, 2.45) is 0 Å². The van der Waals surface area contributed by atoms with E-state index >= 15 is 0 Å². The zero-order chi connectivity index (χ0) is 25.8. The zero-order valence-corrected chi connectivity index (χ0v) is 21.9. The summed E-state index contributed by atoms with van der Waals surface area (Å²) in [5, 5.41) is 2.86. The second kappa shape index (κ2) is 13.7. The highest BCUT2D eigenvalue weighted by Crippen LogP contribution is 2.23. The molecule has 0 fully saturated rings. The van der Waals surface area contributed by atoms with Crippen LogP contribution in [0.5, 0.6) is 5.75 Å². The van der Waals surface area contributed by atoms with Gasteiger partial charge in [-0.05, 0) is 43.9 Å². The quantitative estimate of drug-likeness (QED) is 0.427. The van der Waals surface area contributed by atoms with Gasteiger partial charge in [0.25, 0.3) is 0 Å². The second-order valence-corrected chi connectivity index (χ2v) is 10.3. The van der Waals surface area contributed by atoms with Gasteiger partial charge in [0.1, 0.15) is 11.8 Å². The van der Waals surface area contributed by atoms with E-state index in [-0.39, 0.29) is 24.8 Å².